The highest BCUT2D eigenvalue weighted by atomic mass is 32.2. The maximum Gasteiger partial charge on any atom is 0.262 e. The Hall–Kier alpha value is -1.75. The van der Waals surface area contributed by atoms with Crippen molar-refractivity contribution in [2.75, 3.05) is 5.32 Å². The fourth-order valence-corrected chi connectivity index (χ4v) is 4.84. The Morgan fingerprint density at radius 2 is 2.08 bits per heavy atom. The van der Waals surface area contributed by atoms with E-state index in [0.717, 1.165) is 23.4 Å². The number of hydrogen-bond acceptors (Lipinski definition) is 3. The fourth-order valence-electron chi connectivity index (χ4n) is 3.92. The number of thioether (sulfide) groups is 1. The minimum Gasteiger partial charge on any atom is -0.350 e. The van der Waals surface area contributed by atoms with Gasteiger partial charge < -0.3 is 10.6 Å². The first kappa shape index (κ1) is 17.1. The maximum atomic E-state index is 12.4. The number of benzene rings is 1. The van der Waals surface area contributed by atoms with E-state index in [1.54, 1.807) is 0 Å². The molecule has 0 radical (unpaired) electrons. The van der Waals surface area contributed by atoms with Crippen LogP contribution in [0.15, 0.2) is 40.1 Å². The Balaban J connectivity index is 1.68. The summed E-state index contributed by atoms with van der Waals surface area (Å²) in [6.07, 6.45) is 4.60. The second-order valence-electron chi connectivity index (χ2n) is 7.68. The first-order valence-electron chi connectivity index (χ1n) is 8.43. The molecular weight excluding hydrogens is 320 g/mol. The van der Waals surface area contributed by atoms with Gasteiger partial charge in [0.15, 0.2) is 0 Å². The van der Waals surface area contributed by atoms with Crippen LogP contribution in [0.2, 0.25) is 0 Å². The van der Waals surface area contributed by atoms with E-state index in [1.807, 2.05) is 24.3 Å². The molecule has 2 N–H and O–H groups in total. The number of anilines is 1. The van der Waals surface area contributed by atoms with Gasteiger partial charge in [-0.25, -0.2) is 0 Å². The molecule has 1 aromatic rings. The molecule has 1 fully saturated rings. The molecular formula is C19H24N2O2S. The van der Waals surface area contributed by atoms with Gasteiger partial charge >= 0.3 is 0 Å². The SMILES string of the molecule is C[C@@H]1C[C@H](NC(=O)/C=C2\Sc3ccccc3NC2=O)CC(C)(C)C1. The molecule has 1 aliphatic heterocycles. The zero-order valence-corrected chi connectivity index (χ0v) is 15.2. The van der Waals surface area contributed by atoms with Gasteiger partial charge in [0.25, 0.3) is 5.91 Å². The lowest BCUT2D eigenvalue weighted by Gasteiger charge is -2.39. The molecule has 4 nitrogen and oxygen atoms in total. The Kier molecular flexibility index (Phi) is 4.72. The minimum atomic E-state index is -0.216. The van der Waals surface area contributed by atoms with Gasteiger partial charge in [-0.15, -0.1) is 0 Å². The van der Waals surface area contributed by atoms with Gasteiger partial charge in [-0.3, -0.25) is 9.59 Å². The van der Waals surface area contributed by atoms with Gasteiger partial charge in [-0.1, -0.05) is 44.7 Å². The van der Waals surface area contributed by atoms with E-state index in [-0.39, 0.29) is 23.3 Å². The Labute approximate surface area is 147 Å². The van der Waals surface area contributed by atoms with E-state index in [4.69, 9.17) is 0 Å². The van der Waals surface area contributed by atoms with Crippen LogP contribution in [-0.4, -0.2) is 17.9 Å². The van der Waals surface area contributed by atoms with Crippen LogP contribution in [0.4, 0.5) is 5.69 Å². The van der Waals surface area contributed by atoms with Crippen molar-refractivity contribution in [2.45, 2.75) is 51.0 Å². The molecule has 0 bridgehead atoms. The second-order valence-corrected chi connectivity index (χ2v) is 8.76. The number of carbonyl (C=O) groups excluding carboxylic acids is 2. The van der Waals surface area contributed by atoms with Crippen molar-refractivity contribution in [3.05, 3.63) is 35.2 Å². The van der Waals surface area contributed by atoms with Gasteiger partial charge in [0.05, 0.1) is 10.6 Å². The minimum absolute atomic E-state index is 0.178. The topological polar surface area (TPSA) is 58.2 Å². The standard InChI is InChI=1S/C19H24N2O2S/c1-12-8-13(11-19(2,3)10-12)20-17(22)9-16-18(23)21-14-6-4-5-7-15(14)24-16/h4-7,9,12-13H,8,10-11H2,1-3H3,(H,20,22)(H,21,23)/b16-9-/t12-,13+/m1/s1. The summed E-state index contributed by atoms with van der Waals surface area (Å²) < 4.78 is 0. The molecule has 1 aromatic carbocycles. The van der Waals surface area contributed by atoms with Crippen molar-refractivity contribution >= 4 is 29.3 Å². The predicted octanol–water partition coefficient (Wildman–Crippen LogP) is 3.95. The van der Waals surface area contributed by atoms with Gasteiger partial charge in [-0.2, -0.15) is 0 Å². The molecule has 128 valence electrons. The lowest BCUT2D eigenvalue weighted by molar-refractivity contribution is -0.118. The van der Waals surface area contributed by atoms with E-state index >= 15 is 0 Å². The quantitative estimate of drug-likeness (QED) is 0.799. The molecule has 1 aliphatic carbocycles. The molecule has 2 aliphatic rings. The number of rotatable bonds is 2. The zero-order valence-electron chi connectivity index (χ0n) is 14.4. The van der Waals surface area contributed by atoms with Crippen LogP contribution >= 0.6 is 11.8 Å². The second kappa shape index (κ2) is 6.63. The van der Waals surface area contributed by atoms with Gasteiger partial charge in [-0.05, 0) is 42.7 Å². The number of amides is 2. The summed E-state index contributed by atoms with van der Waals surface area (Å²) in [5, 5.41) is 5.92. The number of nitrogens with one attached hydrogen (secondary N) is 2. The lowest BCUT2D eigenvalue weighted by Crippen LogP contribution is -2.42. The average Bonchev–Trinajstić information content (AvgIpc) is 2.45. The summed E-state index contributed by atoms with van der Waals surface area (Å²) in [6.45, 7) is 6.74. The van der Waals surface area contributed by atoms with E-state index in [1.165, 1.54) is 24.3 Å². The molecule has 0 spiro atoms. The summed E-state index contributed by atoms with van der Waals surface area (Å²) in [4.78, 5) is 25.9. The predicted molar refractivity (Wildman–Crippen MR) is 97.7 cm³/mol. The van der Waals surface area contributed by atoms with Crippen LogP contribution in [0.1, 0.15) is 40.0 Å². The third kappa shape index (κ3) is 4.01. The van der Waals surface area contributed by atoms with Crippen molar-refractivity contribution in [2.24, 2.45) is 11.3 Å². The molecule has 5 heteroatoms. The summed E-state index contributed by atoms with van der Waals surface area (Å²) in [7, 11) is 0. The highest BCUT2D eigenvalue weighted by Crippen LogP contribution is 2.39. The molecule has 1 heterocycles. The van der Waals surface area contributed by atoms with Crippen molar-refractivity contribution < 1.29 is 9.59 Å². The molecule has 0 aromatic heterocycles. The molecule has 24 heavy (non-hydrogen) atoms. The van der Waals surface area contributed by atoms with Crippen molar-refractivity contribution in [3.8, 4) is 0 Å². The van der Waals surface area contributed by atoms with Crippen molar-refractivity contribution in [3.63, 3.8) is 0 Å². The lowest BCUT2D eigenvalue weighted by atomic mass is 9.70. The molecule has 2 amide bonds. The molecule has 0 saturated heterocycles. The number of fused-ring (bicyclic) bond motifs is 1. The van der Waals surface area contributed by atoms with Crippen LogP contribution in [-0.2, 0) is 9.59 Å². The summed E-state index contributed by atoms with van der Waals surface area (Å²) in [6, 6.07) is 7.79. The summed E-state index contributed by atoms with van der Waals surface area (Å²) in [5.74, 6) is 0.207. The zero-order chi connectivity index (χ0) is 17.3. The van der Waals surface area contributed by atoms with E-state index in [2.05, 4.69) is 31.4 Å². The first-order chi connectivity index (χ1) is 11.3. The van der Waals surface area contributed by atoms with Gasteiger partial charge in [0.2, 0.25) is 5.91 Å². The van der Waals surface area contributed by atoms with Gasteiger partial charge in [0.1, 0.15) is 0 Å². The monoisotopic (exact) mass is 344 g/mol. The summed E-state index contributed by atoms with van der Waals surface area (Å²) in [5.41, 5.74) is 1.05. The Bertz CT molecular complexity index is 696. The van der Waals surface area contributed by atoms with Crippen LogP contribution in [0.5, 0.6) is 0 Å². The van der Waals surface area contributed by atoms with Crippen LogP contribution < -0.4 is 10.6 Å². The Morgan fingerprint density at radius 3 is 2.83 bits per heavy atom. The molecule has 3 rings (SSSR count). The average molecular weight is 344 g/mol. The molecule has 1 saturated carbocycles. The third-order valence-electron chi connectivity index (χ3n) is 4.57. The number of carbonyl (C=O) groups is 2. The molecule has 2 atom stereocenters. The van der Waals surface area contributed by atoms with Crippen LogP contribution in [0, 0.1) is 11.3 Å². The summed E-state index contributed by atoms with van der Waals surface area (Å²) >= 11 is 1.34. The highest BCUT2D eigenvalue weighted by molar-refractivity contribution is 8.04. The Morgan fingerprint density at radius 1 is 1.33 bits per heavy atom. The largest absolute Gasteiger partial charge is 0.350 e. The van der Waals surface area contributed by atoms with Gasteiger partial charge in [0, 0.05) is 17.0 Å². The molecule has 0 unspecified atom stereocenters. The first-order valence-corrected chi connectivity index (χ1v) is 9.24. The van der Waals surface area contributed by atoms with E-state index in [9.17, 15) is 9.59 Å². The number of para-hydroxylation sites is 1. The van der Waals surface area contributed by atoms with E-state index in [0.29, 0.717) is 10.8 Å². The highest BCUT2D eigenvalue weighted by Gasteiger charge is 2.32. The normalized spacial score (nSPS) is 27.3. The fraction of sp³-hybridized carbons (Fsp3) is 0.474. The number of hydrogen-bond donors (Lipinski definition) is 2. The van der Waals surface area contributed by atoms with Crippen LogP contribution in [0.3, 0.4) is 0 Å². The van der Waals surface area contributed by atoms with Crippen molar-refractivity contribution in [1.29, 1.82) is 0 Å². The maximum absolute atomic E-state index is 12.4. The van der Waals surface area contributed by atoms with E-state index < -0.39 is 0 Å². The van der Waals surface area contributed by atoms with Crippen LogP contribution in [0.25, 0.3) is 0 Å². The third-order valence-corrected chi connectivity index (χ3v) is 5.67. The van der Waals surface area contributed by atoms with Crippen molar-refractivity contribution in [1.82, 2.24) is 5.32 Å². The smallest absolute Gasteiger partial charge is 0.262 e.